The minimum absolute atomic E-state index is 0.323. The second-order valence-corrected chi connectivity index (χ2v) is 4.94. The summed E-state index contributed by atoms with van der Waals surface area (Å²) in [5.41, 5.74) is 2.07. The summed E-state index contributed by atoms with van der Waals surface area (Å²) in [7, 11) is 1.85. The molecule has 0 bridgehead atoms. The lowest BCUT2D eigenvalue weighted by atomic mass is 10.2. The monoisotopic (exact) mass is 325 g/mol. The third kappa shape index (κ3) is 2.58. The van der Waals surface area contributed by atoms with Gasteiger partial charge in [0.2, 0.25) is 0 Å². The van der Waals surface area contributed by atoms with Gasteiger partial charge in [-0.3, -0.25) is 4.68 Å². The number of hydrogen-bond acceptors (Lipinski definition) is 3. The highest BCUT2D eigenvalue weighted by molar-refractivity contribution is 9.10. The second-order valence-electron chi connectivity index (χ2n) is 4.08. The number of aryl methyl sites for hydroxylation is 2. The van der Waals surface area contributed by atoms with E-state index in [1.54, 1.807) is 11.6 Å². The summed E-state index contributed by atoms with van der Waals surface area (Å²) in [5.74, 6) is -0.323. The Hall–Kier alpha value is -1.56. The van der Waals surface area contributed by atoms with Crippen molar-refractivity contribution in [3.8, 4) is 11.3 Å². The lowest BCUT2D eigenvalue weighted by Gasteiger charge is -2.07. The summed E-state index contributed by atoms with van der Waals surface area (Å²) in [4.78, 5) is 12.1. The highest BCUT2D eigenvalue weighted by Crippen LogP contribution is 2.33. The quantitative estimate of drug-likeness (QED) is 0.812. The van der Waals surface area contributed by atoms with Gasteiger partial charge in [-0.1, -0.05) is 0 Å². The SMILES string of the molecule is CCOC(=O)c1c(-c2ccn(C)n2)c(Br)cn1CC. The van der Waals surface area contributed by atoms with Crippen LogP contribution in [0.25, 0.3) is 11.3 Å². The van der Waals surface area contributed by atoms with Gasteiger partial charge in [0, 0.05) is 36.0 Å². The van der Waals surface area contributed by atoms with Crippen LogP contribution in [0.3, 0.4) is 0 Å². The minimum Gasteiger partial charge on any atom is -0.461 e. The molecule has 0 saturated carbocycles. The van der Waals surface area contributed by atoms with Crippen LogP contribution in [0.1, 0.15) is 24.3 Å². The molecule has 2 heterocycles. The van der Waals surface area contributed by atoms with E-state index in [2.05, 4.69) is 21.0 Å². The lowest BCUT2D eigenvalue weighted by Crippen LogP contribution is -2.12. The Morgan fingerprint density at radius 2 is 2.21 bits per heavy atom. The molecule has 102 valence electrons. The number of aromatic nitrogens is 3. The van der Waals surface area contributed by atoms with Crippen molar-refractivity contribution in [2.45, 2.75) is 20.4 Å². The van der Waals surface area contributed by atoms with Crippen LogP contribution < -0.4 is 0 Å². The van der Waals surface area contributed by atoms with E-state index in [1.165, 1.54) is 0 Å². The number of halogens is 1. The molecule has 0 aliphatic carbocycles. The zero-order chi connectivity index (χ0) is 14.0. The van der Waals surface area contributed by atoms with Gasteiger partial charge in [0.15, 0.2) is 0 Å². The minimum atomic E-state index is -0.323. The predicted octanol–water partition coefficient (Wildman–Crippen LogP) is 2.85. The normalized spacial score (nSPS) is 10.7. The average Bonchev–Trinajstić information content (AvgIpc) is 2.92. The summed E-state index contributed by atoms with van der Waals surface area (Å²) in [6.45, 7) is 4.83. The summed E-state index contributed by atoms with van der Waals surface area (Å²) >= 11 is 3.50. The van der Waals surface area contributed by atoms with Crippen LogP contribution in [0.15, 0.2) is 22.9 Å². The fourth-order valence-corrected chi connectivity index (χ4v) is 2.62. The van der Waals surface area contributed by atoms with E-state index >= 15 is 0 Å². The molecule has 0 saturated heterocycles. The van der Waals surface area contributed by atoms with Gasteiger partial charge in [-0.25, -0.2) is 4.79 Å². The maximum absolute atomic E-state index is 12.1. The van der Waals surface area contributed by atoms with E-state index in [-0.39, 0.29) is 5.97 Å². The topological polar surface area (TPSA) is 49.1 Å². The summed E-state index contributed by atoms with van der Waals surface area (Å²) < 4.78 is 9.56. The third-order valence-electron chi connectivity index (χ3n) is 2.81. The first kappa shape index (κ1) is 13.9. The number of esters is 1. The van der Waals surface area contributed by atoms with E-state index in [0.717, 1.165) is 15.7 Å². The van der Waals surface area contributed by atoms with Gasteiger partial charge in [0.1, 0.15) is 5.69 Å². The van der Waals surface area contributed by atoms with Gasteiger partial charge in [-0.15, -0.1) is 0 Å². The Labute approximate surface area is 120 Å². The summed E-state index contributed by atoms with van der Waals surface area (Å²) in [6.07, 6.45) is 3.73. The van der Waals surface area contributed by atoms with Gasteiger partial charge in [0.05, 0.1) is 12.3 Å². The number of nitrogens with zero attached hydrogens (tertiary/aromatic N) is 3. The Morgan fingerprint density at radius 1 is 1.47 bits per heavy atom. The summed E-state index contributed by atoms with van der Waals surface area (Å²) in [6, 6.07) is 1.88. The first-order valence-electron chi connectivity index (χ1n) is 6.14. The molecule has 0 unspecified atom stereocenters. The fraction of sp³-hybridized carbons (Fsp3) is 0.385. The molecule has 2 aromatic rings. The Balaban J connectivity index is 2.59. The predicted molar refractivity (Wildman–Crippen MR) is 76.0 cm³/mol. The molecule has 2 rings (SSSR count). The largest absolute Gasteiger partial charge is 0.461 e. The average molecular weight is 326 g/mol. The zero-order valence-corrected chi connectivity index (χ0v) is 12.8. The maximum atomic E-state index is 12.1. The first-order chi connectivity index (χ1) is 9.08. The lowest BCUT2D eigenvalue weighted by molar-refractivity contribution is 0.0515. The smallest absolute Gasteiger partial charge is 0.355 e. The van der Waals surface area contributed by atoms with E-state index in [9.17, 15) is 4.79 Å². The number of carbonyl (C=O) groups is 1. The molecule has 0 fully saturated rings. The van der Waals surface area contributed by atoms with Crippen LogP contribution in [-0.4, -0.2) is 26.9 Å². The Kier molecular flexibility index (Phi) is 4.09. The van der Waals surface area contributed by atoms with E-state index < -0.39 is 0 Å². The molecule has 0 atom stereocenters. The molecule has 0 amide bonds. The molecule has 19 heavy (non-hydrogen) atoms. The second kappa shape index (κ2) is 5.61. The third-order valence-corrected chi connectivity index (χ3v) is 3.41. The van der Waals surface area contributed by atoms with Crippen molar-refractivity contribution in [2.24, 2.45) is 7.05 Å². The Morgan fingerprint density at radius 3 is 2.74 bits per heavy atom. The molecular formula is C13H16BrN3O2. The van der Waals surface area contributed by atoms with Crippen molar-refractivity contribution in [3.63, 3.8) is 0 Å². The molecule has 2 aromatic heterocycles. The van der Waals surface area contributed by atoms with Crippen LogP contribution in [-0.2, 0) is 18.3 Å². The van der Waals surface area contributed by atoms with Crippen LogP contribution in [0.5, 0.6) is 0 Å². The van der Waals surface area contributed by atoms with Gasteiger partial charge in [0.25, 0.3) is 0 Å². The first-order valence-corrected chi connectivity index (χ1v) is 6.93. The molecule has 0 aliphatic heterocycles. The number of carbonyl (C=O) groups excluding carboxylic acids is 1. The summed E-state index contributed by atoms with van der Waals surface area (Å²) in [5, 5.41) is 4.36. The van der Waals surface area contributed by atoms with Gasteiger partial charge in [-0.2, -0.15) is 5.10 Å². The number of ether oxygens (including phenoxy) is 1. The number of hydrogen-bond donors (Lipinski definition) is 0. The zero-order valence-electron chi connectivity index (χ0n) is 11.2. The maximum Gasteiger partial charge on any atom is 0.355 e. The van der Waals surface area contributed by atoms with Crippen molar-refractivity contribution >= 4 is 21.9 Å². The van der Waals surface area contributed by atoms with Gasteiger partial charge >= 0.3 is 5.97 Å². The highest BCUT2D eigenvalue weighted by Gasteiger charge is 2.23. The van der Waals surface area contributed by atoms with Crippen molar-refractivity contribution in [2.75, 3.05) is 6.61 Å². The van der Waals surface area contributed by atoms with E-state index in [4.69, 9.17) is 4.74 Å². The van der Waals surface area contributed by atoms with Crippen LogP contribution in [0.2, 0.25) is 0 Å². The van der Waals surface area contributed by atoms with E-state index in [1.807, 2.05) is 37.0 Å². The van der Waals surface area contributed by atoms with Gasteiger partial charge in [-0.05, 0) is 35.8 Å². The molecule has 0 aliphatic rings. The molecule has 0 spiro atoms. The molecule has 0 radical (unpaired) electrons. The van der Waals surface area contributed by atoms with Crippen LogP contribution in [0, 0.1) is 0 Å². The molecule has 0 aromatic carbocycles. The van der Waals surface area contributed by atoms with Crippen molar-refractivity contribution in [1.29, 1.82) is 0 Å². The Bertz CT molecular complexity index is 601. The van der Waals surface area contributed by atoms with Crippen molar-refractivity contribution in [3.05, 3.63) is 28.6 Å². The fourth-order valence-electron chi connectivity index (χ4n) is 1.98. The van der Waals surface area contributed by atoms with Crippen molar-refractivity contribution in [1.82, 2.24) is 14.3 Å². The van der Waals surface area contributed by atoms with Crippen LogP contribution in [0.4, 0.5) is 0 Å². The van der Waals surface area contributed by atoms with E-state index in [0.29, 0.717) is 18.8 Å². The highest BCUT2D eigenvalue weighted by atomic mass is 79.9. The molecular weight excluding hydrogens is 310 g/mol. The molecule has 6 heteroatoms. The van der Waals surface area contributed by atoms with Crippen LogP contribution >= 0.6 is 15.9 Å². The van der Waals surface area contributed by atoms with Crippen molar-refractivity contribution < 1.29 is 9.53 Å². The molecule has 0 N–H and O–H groups in total. The number of rotatable bonds is 4. The van der Waals surface area contributed by atoms with Gasteiger partial charge < -0.3 is 9.30 Å². The standard InChI is InChI=1S/C13H16BrN3O2/c1-4-17-8-9(14)11(10-6-7-16(3)15-10)12(17)13(18)19-5-2/h6-8H,4-5H2,1-3H3. The molecule has 5 nitrogen and oxygen atoms in total.